The molecule has 1 saturated heterocycles. The summed E-state index contributed by atoms with van der Waals surface area (Å²) in [7, 11) is 0. The van der Waals surface area contributed by atoms with E-state index >= 15 is 0 Å². The smallest absolute Gasteiger partial charge is 0.323 e. The van der Waals surface area contributed by atoms with Crippen molar-refractivity contribution in [2.45, 2.75) is 0 Å². The molecule has 0 radical (unpaired) electrons. The molecule has 21 heavy (non-hydrogen) atoms. The van der Waals surface area contributed by atoms with E-state index < -0.39 is 0 Å². The molecule has 0 atom stereocenters. The third-order valence-electron chi connectivity index (χ3n) is 3.18. The molecule has 1 aliphatic heterocycles. The lowest BCUT2D eigenvalue weighted by Crippen LogP contribution is -2.51. The Morgan fingerprint density at radius 3 is 2.62 bits per heavy atom. The first kappa shape index (κ1) is 13.6. The van der Waals surface area contributed by atoms with E-state index in [0.717, 1.165) is 11.7 Å². The van der Waals surface area contributed by atoms with Gasteiger partial charge in [0.15, 0.2) is 11.6 Å². The second-order valence-corrected chi connectivity index (χ2v) is 5.04. The molecule has 0 saturated carbocycles. The maximum atomic E-state index is 12.1. The Morgan fingerprint density at radius 2 is 2.00 bits per heavy atom. The van der Waals surface area contributed by atoms with Crippen molar-refractivity contribution in [2.24, 2.45) is 0 Å². The highest BCUT2D eigenvalue weighted by Gasteiger charge is 2.26. The highest BCUT2D eigenvalue weighted by Crippen LogP contribution is 2.11. The fourth-order valence-electron chi connectivity index (χ4n) is 2.08. The molecule has 0 bridgehead atoms. The number of carbonyl (C=O) groups excluding carboxylic acids is 2. The molecule has 110 valence electrons. The highest BCUT2D eigenvalue weighted by atomic mass is 32.1. The van der Waals surface area contributed by atoms with Crippen LogP contribution in [0.3, 0.4) is 0 Å². The summed E-state index contributed by atoms with van der Waals surface area (Å²) in [5.74, 6) is 0.615. The number of furan rings is 1. The molecular formula is C12H13N5O3S. The Hall–Kier alpha value is -2.42. The SMILES string of the molecule is O=C(Nc1cnsn1)N1CCN(C(=O)c2ccco2)CC1. The summed E-state index contributed by atoms with van der Waals surface area (Å²) in [6.45, 7) is 1.89. The topological polar surface area (TPSA) is 91.6 Å². The van der Waals surface area contributed by atoms with Crippen LogP contribution >= 0.6 is 11.7 Å². The van der Waals surface area contributed by atoms with E-state index in [1.807, 2.05) is 0 Å². The predicted octanol–water partition coefficient (Wildman–Crippen LogP) is 1.12. The van der Waals surface area contributed by atoms with Crippen LogP contribution in [0.5, 0.6) is 0 Å². The molecule has 0 unspecified atom stereocenters. The Bertz CT molecular complexity index is 605. The Balaban J connectivity index is 1.53. The number of aromatic nitrogens is 2. The van der Waals surface area contributed by atoms with Crippen molar-refractivity contribution in [1.29, 1.82) is 0 Å². The van der Waals surface area contributed by atoms with Gasteiger partial charge in [0, 0.05) is 26.2 Å². The van der Waals surface area contributed by atoms with Crippen LogP contribution in [-0.4, -0.2) is 56.7 Å². The van der Waals surface area contributed by atoms with Gasteiger partial charge in [0.25, 0.3) is 5.91 Å². The lowest BCUT2D eigenvalue weighted by molar-refractivity contribution is 0.0640. The zero-order chi connectivity index (χ0) is 14.7. The molecule has 3 rings (SSSR count). The average Bonchev–Trinajstić information content (AvgIpc) is 3.20. The van der Waals surface area contributed by atoms with Crippen LogP contribution < -0.4 is 5.32 Å². The highest BCUT2D eigenvalue weighted by molar-refractivity contribution is 6.99. The van der Waals surface area contributed by atoms with Crippen molar-refractivity contribution in [3.8, 4) is 0 Å². The lowest BCUT2D eigenvalue weighted by atomic mass is 10.3. The molecule has 1 aliphatic rings. The van der Waals surface area contributed by atoms with Gasteiger partial charge in [0.05, 0.1) is 24.2 Å². The van der Waals surface area contributed by atoms with Crippen LogP contribution in [0.1, 0.15) is 10.6 Å². The van der Waals surface area contributed by atoms with Gasteiger partial charge in [-0.3, -0.25) is 10.1 Å². The molecule has 2 aromatic rings. The molecule has 9 heteroatoms. The number of hydrogen-bond donors (Lipinski definition) is 1. The fourth-order valence-corrected chi connectivity index (χ4v) is 2.45. The third-order valence-corrected chi connectivity index (χ3v) is 3.66. The standard InChI is InChI=1S/C12H13N5O3S/c18-11(9-2-1-7-20-9)16-3-5-17(6-4-16)12(19)14-10-8-13-21-15-10/h1-2,7-8H,3-6H2,(H,14,15,19). The monoisotopic (exact) mass is 307 g/mol. The number of rotatable bonds is 2. The van der Waals surface area contributed by atoms with E-state index in [1.54, 1.807) is 21.9 Å². The Morgan fingerprint density at radius 1 is 1.24 bits per heavy atom. The van der Waals surface area contributed by atoms with Crippen molar-refractivity contribution in [1.82, 2.24) is 18.5 Å². The number of nitrogens with one attached hydrogen (secondary N) is 1. The Kier molecular flexibility index (Phi) is 3.82. The molecule has 0 aliphatic carbocycles. The number of nitrogens with zero attached hydrogens (tertiary/aromatic N) is 4. The molecule has 3 amide bonds. The van der Waals surface area contributed by atoms with Gasteiger partial charge in [-0.2, -0.15) is 8.75 Å². The van der Waals surface area contributed by atoms with E-state index in [1.165, 1.54) is 12.5 Å². The van der Waals surface area contributed by atoms with E-state index in [2.05, 4.69) is 14.1 Å². The fraction of sp³-hybridized carbons (Fsp3) is 0.333. The van der Waals surface area contributed by atoms with E-state index in [9.17, 15) is 9.59 Å². The number of carbonyl (C=O) groups is 2. The van der Waals surface area contributed by atoms with E-state index in [0.29, 0.717) is 37.8 Å². The normalized spacial score (nSPS) is 15.0. The number of piperazine rings is 1. The quantitative estimate of drug-likeness (QED) is 0.897. The van der Waals surface area contributed by atoms with Crippen molar-refractivity contribution in [3.63, 3.8) is 0 Å². The summed E-state index contributed by atoms with van der Waals surface area (Å²) < 4.78 is 12.8. The molecule has 1 N–H and O–H groups in total. The van der Waals surface area contributed by atoms with Crippen molar-refractivity contribution < 1.29 is 14.0 Å². The first-order valence-corrected chi connectivity index (χ1v) is 7.13. The summed E-state index contributed by atoms with van der Waals surface area (Å²) in [6, 6.07) is 3.09. The number of urea groups is 1. The van der Waals surface area contributed by atoms with Crippen LogP contribution in [-0.2, 0) is 0 Å². The van der Waals surface area contributed by atoms with Crippen molar-refractivity contribution in [2.75, 3.05) is 31.5 Å². The van der Waals surface area contributed by atoms with Crippen LogP contribution in [0.2, 0.25) is 0 Å². The number of hydrogen-bond acceptors (Lipinski definition) is 6. The molecule has 2 aromatic heterocycles. The minimum atomic E-state index is -0.229. The maximum Gasteiger partial charge on any atom is 0.323 e. The molecular weight excluding hydrogens is 294 g/mol. The molecule has 0 spiro atoms. The molecule has 0 aromatic carbocycles. The predicted molar refractivity (Wildman–Crippen MR) is 75.1 cm³/mol. The average molecular weight is 307 g/mol. The van der Waals surface area contributed by atoms with Gasteiger partial charge >= 0.3 is 6.03 Å². The van der Waals surface area contributed by atoms with Gasteiger partial charge in [0.2, 0.25) is 0 Å². The van der Waals surface area contributed by atoms with Gasteiger partial charge < -0.3 is 14.2 Å². The van der Waals surface area contributed by atoms with E-state index in [-0.39, 0.29) is 11.9 Å². The number of anilines is 1. The summed E-state index contributed by atoms with van der Waals surface area (Å²) in [5.41, 5.74) is 0. The molecule has 1 fully saturated rings. The van der Waals surface area contributed by atoms with Crippen LogP contribution in [0.15, 0.2) is 29.0 Å². The van der Waals surface area contributed by atoms with Gasteiger partial charge in [-0.1, -0.05) is 0 Å². The van der Waals surface area contributed by atoms with Gasteiger partial charge in [-0.25, -0.2) is 4.79 Å². The van der Waals surface area contributed by atoms with Gasteiger partial charge in [-0.15, -0.1) is 0 Å². The molecule has 3 heterocycles. The van der Waals surface area contributed by atoms with E-state index in [4.69, 9.17) is 4.42 Å². The van der Waals surface area contributed by atoms with Gasteiger partial charge in [0.1, 0.15) is 0 Å². The van der Waals surface area contributed by atoms with Gasteiger partial charge in [-0.05, 0) is 12.1 Å². The van der Waals surface area contributed by atoms with Crippen LogP contribution in [0.4, 0.5) is 10.6 Å². The zero-order valence-electron chi connectivity index (χ0n) is 11.1. The summed E-state index contributed by atoms with van der Waals surface area (Å²) in [6.07, 6.45) is 2.97. The minimum absolute atomic E-state index is 0.149. The first-order chi connectivity index (χ1) is 10.2. The zero-order valence-corrected chi connectivity index (χ0v) is 11.9. The van der Waals surface area contributed by atoms with Crippen LogP contribution in [0.25, 0.3) is 0 Å². The number of amides is 3. The van der Waals surface area contributed by atoms with Crippen molar-refractivity contribution in [3.05, 3.63) is 30.4 Å². The Labute approximate surface area is 124 Å². The molecule has 8 nitrogen and oxygen atoms in total. The summed E-state index contributed by atoms with van der Waals surface area (Å²) >= 11 is 1.03. The first-order valence-electron chi connectivity index (χ1n) is 6.40. The van der Waals surface area contributed by atoms with Crippen LogP contribution in [0, 0.1) is 0 Å². The second-order valence-electron chi connectivity index (χ2n) is 4.48. The summed E-state index contributed by atoms with van der Waals surface area (Å²) in [4.78, 5) is 27.4. The summed E-state index contributed by atoms with van der Waals surface area (Å²) in [5, 5.41) is 2.67. The van der Waals surface area contributed by atoms with Crippen molar-refractivity contribution >= 4 is 29.5 Å². The third kappa shape index (κ3) is 3.02. The lowest BCUT2D eigenvalue weighted by Gasteiger charge is -2.34. The largest absolute Gasteiger partial charge is 0.459 e. The second kappa shape index (κ2) is 5.92. The minimum Gasteiger partial charge on any atom is -0.459 e. The maximum absolute atomic E-state index is 12.1.